The van der Waals surface area contributed by atoms with Crippen molar-refractivity contribution in [1.29, 1.82) is 0 Å². The minimum absolute atomic E-state index is 0.0352. The first-order valence-corrected chi connectivity index (χ1v) is 9.20. The van der Waals surface area contributed by atoms with Gasteiger partial charge in [0.1, 0.15) is 11.5 Å². The number of hydrogen-bond acceptors (Lipinski definition) is 4. The van der Waals surface area contributed by atoms with Gasteiger partial charge in [0.25, 0.3) is 0 Å². The number of nitrogens with one attached hydrogen (secondary N) is 2. The highest BCUT2D eigenvalue weighted by molar-refractivity contribution is 7.92. The summed E-state index contributed by atoms with van der Waals surface area (Å²) in [6.07, 6.45) is 2.31. The Balaban J connectivity index is 2.14. The van der Waals surface area contributed by atoms with Crippen molar-refractivity contribution >= 4 is 21.4 Å². The molecule has 22 heavy (non-hydrogen) atoms. The fourth-order valence-corrected chi connectivity index (χ4v) is 3.79. The van der Waals surface area contributed by atoms with Gasteiger partial charge in [0.15, 0.2) is 0 Å². The molecule has 0 saturated carbocycles. The molecule has 1 saturated heterocycles. The number of para-hydroxylation sites is 1. The van der Waals surface area contributed by atoms with Crippen molar-refractivity contribution in [2.75, 3.05) is 22.4 Å². The Kier molecular flexibility index (Phi) is 5.63. The van der Waals surface area contributed by atoms with Gasteiger partial charge in [-0.2, -0.15) is 0 Å². The van der Waals surface area contributed by atoms with Crippen LogP contribution in [0, 0.1) is 5.82 Å². The molecule has 124 valence electrons. The Hall–Kier alpha value is -1.34. The van der Waals surface area contributed by atoms with Crippen molar-refractivity contribution in [3.05, 3.63) is 24.0 Å². The van der Waals surface area contributed by atoms with E-state index in [0.717, 1.165) is 19.3 Å². The highest BCUT2D eigenvalue weighted by Crippen LogP contribution is 2.27. The average Bonchev–Trinajstić information content (AvgIpc) is 2.43. The molecule has 1 aromatic carbocycles. The lowest BCUT2D eigenvalue weighted by molar-refractivity contribution is 0.0306. The molecule has 1 aliphatic rings. The second kappa shape index (κ2) is 7.28. The maximum absolute atomic E-state index is 14.0. The molecule has 1 heterocycles. The molecule has 2 N–H and O–H groups in total. The van der Waals surface area contributed by atoms with E-state index in [1.165, 1.54) is 6.07 Å². The molecule has 1 atom stereocenters. The van der Waals surface area contributed by atoms with E-state index < -0.39 is 15.8 Å². The number of ether oxygens (including phenoxy) is 1. The maximum atomic E-state index is 14.0. The van der Waals surface area contributed by atoms with Gasteiger partial charge in [0.05, 0.1) is 17.5 Å². The predicted molar refractivity (Wildman–Crippen MR) is 86.2 cm³/mol. The Labute approximate surface area is 131 Å². The van der Waals surface area contributed by atoms with Crippen LogP contribution in [0.2, 0.25) is 0 Å². The summed E-state index contributed by atoms with van der Waals surface area (Å²) >= 11 is 0. The standard InChI is InChI=1S/C15H23FN2O3S/c1-11(2)17-14-8-5-7-13(16)15(14)18-22(19,20)10-12-6-3-4-9-21-12/h5,7-8,11-12,17-18H,3-4,6,9-10H2,1-2H3. The number of benzene rings is 1. The Morgan fingerprint density at radius 1 is 1.36 bits per heavy atom. The van der Waals surface area contributed by atoms with Crippen LogP contribution in [0.4, 0.5) is 15.8 Å². The molecule has 1 aromatic rings. The van der Waals surface area contributed by atoms with Gasteiger partial charge in [-0.15, -0.1) is 0 Å². The second-order valence-electron chi connectivity index (χ2n) is 5.83. The van der Waals surface area contributed by atoms with Crippen LogP contribution in [-0.2, 0) is 14.8 Å². The third kappa shape index (κ3) is 4.84. The summed E-state index contributed by atoms with van der Waals surface area (Å²) in [5, 5.41) is 3.04. The van der Waals surface area contributed by atoms with Crippen LogP contribution in [0.3, 0.4) is 0 Å². The van der Waals surface area contributed by atoms with Crippen LogP contribution in [0.15, 0.2) is 18.2 Å². The summed E-state index contributed by atoms with van der Waals surface area (Å²) < 4.78 is 46.4. The van der Waals surface area contributed by atoms with Crippen LogP contribution in [0.5, 0.6) is 0 Å². The molecule has 1 aliphatic heterocycles. The number of anilines is 2. The van der Waals surface area contributed by atoms with Gasteiger partial charge in [-0.05, 0) is 45.2 Å². The predicted octanol–water partition coefficient (Wildman–Crippen LogP) is 2.96. The van der Waals surface area contributed by atoms with Crippen molar-refractivity contribution in [3.8, 4) is 0 Å². The molecule has 7 heteroatoms. The van der Waals surface area contributed by atoms with Gasteiger partial charge >= 0.3 is 0 Å². The van der Waals surface area contributed by atoms with Crippen LogP contribution >= 0.6 is 0 Å². The molecule has 0 spiro atoms. The van der Waals surface area contributed by atoms with Gasteiger partial charge in [-0.1, -0.05) is 6.07 Å². The fourth-order valence-electron chi connectivity index (χ4n) is 2.44. The Morgan fingerprint density at radius 2 is 2.14 bits per heavy atom. The van der Waals surface area contributed by atoms with Crippen molar-refractivity contribution < 1.29 is 17.5 Å². The van der Waals surface area contributed by atoms with E-state index in [1.54, 1.807) is 12.1 Å². The molecule has 5 nitrogen and oxygen atoms in total. The lowest BCUT2D eigenvalue weighted by atomic mass is 10.1. The van der Waals surface area contributed by atoms with E-state index in [-0.39, 0.29) is 23.6 Å². The van der Waals surface area contributed by atoms with E-state index in [2.05, 4.69) is 10.0 Å². The summed E-state index contributed by atoms with van der Waals surface area (Å²) in [6, 6.07) is 4.49. The molecule has 2 rings (SSSR count). The van der Waals surface area contributed by atoms with Crippen LogP contribution in [0.25, 0.3) is 0 Å². The Bertz CT molecular complexity index is 599. The summed E-state index contributed by atoms with van der Waals surface area (Å²) in [7, 11) is -3.67. The molecule has 0 aliphatic carbocycles. The first-order chi connectivity index (χ1) is 10.4. The van der Waals surface area contributed by atoms with Gasteiger partial charge in [0.2, 0.25) is 10.0 Å². The summed E-state index contributed by atoms with van der Waals surface area (Å²) in [5.41, 5.74) is 0.398. The quantitative estimate of drug-likeness (QED) is 0.841. The van der Waals surface area contributed by atoms with E-state index in [0.29, 0.717) is 12.3 Å². The van der Waals surface area contributed by atoms with E-state index in [9.17, 15) is 12.8 Å². The van der Waals surface area contributed by atoms with Crippen LogP contribution < -0.4 is 10.0 Å². The van der Waals surface area contributed by atoms with Gasteiger partial charge in [-0.3, -0.25) is 4.72 Å². The first kappa shape index (κ1) is 17.0. The minimum Gasteiger partial charge on any atom is -0.381 e. The van der Waals surface area contributed by atoms with Gasteiger partial charge in [-0.25, -0.2) is 12.8 Å². The summed E-state index contributed by atoms with van der Waals surface area (Å²) in [6.45, 7) is 4.39. The van der Waals surface area contributed by atoms with E-state index in [1.807, 2.05) is 13.8 Å². The normalized spacial score (nSPS) is 19.2. The zero-order valence-electron chi connectivity index (χ0n) is 12.9. The van der Waals surface area contributed by atoms with Crippen LogP contribution in [0.1, 0.15) is 33.1 Å². The van der Waals surface area contributed by atoms with Crippen molar-refractivity contribution in [2.45, 2.75) is 45.3 Å². The van der Waals surface area contributed by atoms with Gasteiger partial charge < -0.3 is 10.1 Å². The zero-order chi connectivity index (χ0) is 16.2. The lowest BCUT2D eigenvalue weighted by Crippen LogP contribution is -2.31. The summed E-state index contributed by atoms with van der Waals surface area (Å²) in [4.78, 5) is 0. The highest BCUT2D eigenvalue weighted by Gasteiger charge is 2.24. The third-order valence-corrected chi connectivity index (χ3v) is 4.72. The average molecular weight is 330 g/mol. The smallest absolute Gasteiger partial charge is 0.235 e. The summed E-state index contributed by atoms with van der Waals surface area (Å²) in [5.74, 6) is -0.749. The monoisotopic (exact) mass is 330 g/mol. The third-order valence-electron chi connectivity index (χ3n) is 3.39. The zero-order valence-corrected chi connectivity index (χ0v) is 13.7. The molecular formula is C15H23FN2O3S. The van der Waals surface area contributed by atoms with Crippen molar-refractivity contribution in [2.24, 2.45) is 0 Å². The molecule has 0 bridgehead atoms. The largest absolute Gasteiger partial charge is 0.381 e. The fraction of sp³-hybridized carbons (Fsp3) is 0.600. The van der Waals surface area contributed by atoms with Crippen LogP contribution in [-0.4, -0.2) is 32.9 Å². The molecule has 0 radical (unpaired) electrons. The molecule has 0 amide bonds. The van der Waals surface area contributed by atoms with Gasteiger partial charge in [0, 0.05) is 12.6 Å². The lowest BCUT2D eigenvalue weighted by Gasteiger charge is -2.23. The maximum Gasteiger partial charge on any atom is 0.235 e. The molecule has 1 unspecified atom stereocenters. The number of hydrogen-bond donors (Lipinski definition) is 2. The number of halogens is 1. The Morgan fingerprint density at radius 3 is 2.77 bits per heavy atom. The molecule has 0 aromatic heterocycles. The SMILES string of the molecule is CC(C)Nc1cccc(F)c1NS(=O)(=O)CC1CCCCO1. The van der Waals surface area contributed by atoms with E-state index in [4.69, 9.17) is 4.74 Å². The van der Waals surface area contributed by atoms with E-state index >= 15 is 0 Å². The molecule has 1 fully saturated rings. The minimum atomic E-state index is -3.67. The number of rotatable bonds is 6. The topological polar surface area (TPSA) is 67.4 Å². The number of sulfonamides is 1. The first-order valence-electron chi connectivity index (χ1n) is 7.54. The molecular weight excluding hydrogens is 307 g/mol. The van der Waals surface area contributed by atoms with Crippen molar-refractivity contribution in [3.63, 3.8) is 0 Å². The second-order valence-corrected chi connectivity index (χ2v) is 7.60. The highest BCUT2D eigenvalue weighted by atomic mass is 32.2. The van der Waals surface area contributed by atoms with Crippen molar-refractivity contribution in [1.82, 2.24) is 0 Å².